The van der Waals surface area contributed by atoms with E-state index in [-0.39, 0.29) is 5.82 Å². The third-order valence-corrected chi connectivity index (χ3v) is 3.00. The summed E-state index contributed by atoms with van der Waals surface area (Å²) in [5.41, 5.74) is -1.14. The van der Waals surface area contributed by atoms with Crippen LogP contribution in [0.4, 0.5) is 11.5 Å². The SMILES string of the molecule is CC1(C(=O)Nc2ccon2)Oc2ccccc2NC1=O. The van der Waals surface area contributed by atoms with Gasteiger partial charge in [0.1, 0.15) is 12.0 Å². The number of carbonyl (C=O) groups excluding carboxylic acids is 2. The van der Waals surface area contributed by atoms with E-state index < -0.39 is 17.4 Å². The highest BCUT2D eigenvalue weighted by Crippen LogP contribution is 2.33. The number of aromatic nitrogens is 1. The number of carbonyl (C=O) groups is 2. The minimum absolute atomic E-state index is 0.214. The average Bonchev–Trinajstić information content (AvgIpc) is 2.93. The van der Waals surface area contributed by atoms with Crippen molar-refractivity contribution in [3.05, 3.63) is 36.6 Å². The quantitative estimate of drug-likeness (QED) is 0.807. The predicted octanol–water partition coefficient (Wildman–Crippen LogP) is 1.40. The fourth-order valence-electron chi connectivity index (χ4n) is 1.83. The second-order valence-electron chi connectivity index (χ2n) is 4.42. The number of rotatable bonds is 2. The van der Waals surface area contributed by atoms with E-state index in [1.165, 1.54) is 19.3 Å². The van der Waals surface area contributed by atoms with Gasteiger partial charge in [0.25, 0.3) is 17.4 Å². The number of hydrogen-bond acceptors (Lipinski definition) is 5. The molecule has 1 aromatic heterocycles. The summed E-state index contributed by atoms with van der Waals surface area (Å²) >= 11 is 0. The van der Waals surface area contributed by atoms with Crippen LogP contribution in [0.2, 0.25) is 0 Å². The Kier molecular flexibility index (Phi) is 2.67. The Hall–Kier alpha value is -2.83. The van der Waals surface area contributed by atoms with Crippen molar-refractivity contribution < 1.29 is 18.8 Å². The third kappa shape index (κ3) is 1.89. The van der Waals surface area contributed by atoms with Crippen molar-refractivity contribution in [2.24, 2.45) is 0 Å². The molecule has 0 fully saturated rings. The molecule has 7 nitrogen and oxygen atoms in total. The summed E-state index contributed by atoms with van der Waals surface area (Å²) in [6.07, 6.45) is 1.31. The summed E-state index contributed by atoms with van der Waals surface area (Å²) in [7, 11) is 0. The Labute approximate surface area is 113 Å². The van der Waals surface area contributed by atoms with Crippen LogP contribution in [0.5, 0.6) is 5.75 Å². The van der Waals surface area contributed by atoms with E-state index in [1.807, 2.05) is 0 Å². The van der Waals surface area contributed by atoms with Crippen LogP contribution in [0.3, 0.4) is 0 Å². The van der Waals surface area contributed by atoms with E-state index in [1.54, 1.807) is 24.3 Å². The molecule has 2 amide bonds. The minimum atomic E-state index is -1.67. The van der Waals surface area contributed by atoms with E-state index in [2.05, 4.69) is 20.3 Å². The topological polar surface area (TPSA) is 93.5 Å². The Morgan fingerprint density at radius 1 is 1.35 bits per heavy atom. The van der Waals surface area contributed by atoms with E-state index in [0.717, 1.165) is 0 Å². The number of fused-ring (bicyclic) bond motifs is 1. The van der Waals surface area contributed by atoms with Gasteiger partial charge in [-0.2, -0.15) is 0 Å². The summed E-state index contributed by atoms with van der Waals surface area (Å²) in [6, 6.07) is 8.36. The summed E-state index contributed by atoms with van der Waals surface area (Å²) in [6.45, 7) is 1.40. The fraction of sp³-hybridized carbons (Fsp3) is 0.154. The molecular formula is C13H11N3O4. The molecule has 1 aromatic carbocycles. The Bertz CT molecular complexity index is 668. The van der Waals surface area contributed by atoms with E-state index in [4.69, 9.17) is 4.74 Å². The molecule has 0 radical (unpaired) electrons. The summed E-state index contributed by atoms with van der Waals surface area (Å²) in [5, 5.41) is 8.66. The van der Waals surface area contributed by atoms with Crippen LogP contribution in [0.1, 0.15) is 6.92 Å². The first-order valence-electron chi connectivity index (χ1n) is 5.91. The highest BCUT2D eigenvalue weighted by Gasteiger charge is 2.47. The van der Waals surface area contributed by atoms with Gasteiger partial charge in [-0.25, -0.2) is 0 Å². The van der Waals surface area contributed by atoms with Crippen LogP contribution >= 0.6 is 0 Å². The van der Waals surface area contributed by atoms with Gasteiger partial charge in [0.2, 0.25) is 0 Å². The molecule has 3 rings (SSSR count). The lowest BCUT2D eigenvalue weighted by molar-refractivity contribution is -0.143. The second-order valence-corrected chi connectivity index (χ2v) is 4.42. The van der Waals surface area contributed by atoms with Gasteiger partial charge in [0.05, 0.1) is 5.69 Å². The zero-order valence-electron chi connectivity index (χ0n) is 10.5. The van der Waals surface area contributed by atoms with Gasteiger partial charge < -0.3 is 19.9 Å². The Morgan fingerprint density at radius 2 is 2.15 bits per heavy atom. The first kappa shape index (κ1) is 12.2. The molecule has 1 unspecified atom stereocenters. The molecule has 20 heavy (non-hydrogen) atoms. The highest BCUT2D eigenvalue weighted by atomic mass is 16.5. The monoisotopic (exact) mass is 273 g/mol. The normalized spacial score (nSPS) is 20.6. The number of nitrogens with one attached hydrogen (secondary N) is 2. The standard InChI is InChI=1S/C13H11N3O4/c1-13(12(18)15-10-6-7-19-16-10)11(17)14-8-4-2-3-5-9(8)20-13/h2-7H,1H3,(H,14,17)(H,15,16,18). The number of amides is 2. The van der Waals surface area contributed by atoms with Gasteiger partial charge in [-0.1, -0.05) is 17.3 Å². The molecule has 1 aliphatic heterocycles. The molecule has 1 aliphatic rings. The van der Waals surface area contributed by atoms with Crippen molar-refractivity contribution in [1.29, 1.82) is 0 Å². The first-order valence-corrected chi connectivity index (χ1v) is 5.91. The summed E-state index contributed by atoms with van der Waals surface area (Å²) < 4.78 is 10.2. The predicted molar refractivity (Wildman–Crippen MR) is 69.2 cm³/mol. The maximum Gasteiger partial charge on any atom is 0.279 e. The molecule has 2 heterocycles. The van der Waals surface area contributed by atoms with Gasteiger partial charge in [-0.05, 0) is 19.1 Å². The molecular weight excluding hydrogens is 262 g/mol. The molecule has 0 saturated carbocycles. The van der Waals surface area contributed by atoms with Crippen LogP contribution < -0.4 is 15.4 Å². The second kappa shape index (κ2) is 4.37. The van der Waals surface area contributed by atoms with Crippen molar-refractivity contribution in [2.45, 2.75) is 12.5 Å². The van der Waals surface area contributed by atoms with Gasteiger partial charge in [0, 0.05) is 6.07 Å². The number of para-hydroxylation sites is 2. The number of nitrogens with zero attached hydrogens (tertiary/aromatic N) is 1. The van der Waals surface area contributed by atoms with Crippen LogP contribution in [-0.4, -0.2) is 22.6 Å². The lowest BCUT2D eigenvalue weighted by Gasteiger charge is -2.32. The zero-order valence-corrected chi connectivity index (χ0v) is 10.5. The number of benzene rings is 1. The molecule has 0 bridgehead atoms. The van der Waals surface area contributed by atoms with Crippen LogP contribution in [-0.2, 0) is 9.59 Å². The van der Waals surface area contributed by atoms with Gasteiger partial charge in [0.15, 0.2) is 5.82 Å². The average molecular weight is 273 g/mol. The Morgan fingerprint density at radius 3 is 2.90 bits per heavy atom. The third-order valence-electron chi connectivity index (χ3n) is 3.00. The van der Waals surface area contributed by atoms with Gasteiger partial charge in [-0.3, -0.25) is 9.59 Å². The van der Waals surface area contributed by atoms with Crippen LogP contribution in [0, 0.1) is 0 Å². The maximum absolute atomic E-state index is 12.2. The smallest absolute Gasteiger partial charge is 0.279 e. The fourth-order valence-corrected chi connectivity index (χ4v) is 1.83. The first-order chi connectivity index (χ1) is 9.59. The van der Waals surface area contributed by atoms with E-state index in [9.17, 15) is 9.59 Å². The molecule has 2 N–H and O–H groups in total. The summed E-state index contributed by atoms with van der Waals surface area (Å²) in [5.74, 6) is -0.521. The van der Waals surface area contributed by atoms with Crippen molar-refractivity contribution in [3.63, 3.8) is 0 Å². The zero-order chi connectivity index (χ0) is 14.2. The molecule has 0 saturated heterocycles. The van der Waals surface area contributed by atoms with Crippen molar-refractivity contribution in [3.8, 4) is 5.75 Å². The number of hydrogen-bond donors (Lipinski definition) is 2. The van der Waals surface area contributed by atoms with Gasteiger partial charge in [-0.15, -0.1) is 0 Å². The molecule has 0 spiro atoms. The molecule has 1 atom stereocenters. The number of ether oxygens (including phenoxy) is 1. The van der Waals surface area contributed by atoms with Gasteiger partial charge >= 0.3 is 0 Å². The van der Waals surface area contributed by atoms with Crippen molar-refractivity contribution in [1.82, 2.24) is 5.16 Å². The molecule has 2 aromatic rings. The highest BCUT2D eigenvalue weighted by molar-refractivity contribution is 6.18. The van der Waals surface area contributed by atoms with E-state index in [0.29, 0.717) is 11.4 Å². The Balaban J connectivity index is 1.88. The minimum Gasteiger partial charge on any atom is -0.466 e. The lowest BCUT2D eigenvalue weighted by atomic mass is 10.0. The van der Waals surface area contributed by atoms with Crippen molar-refractivity contribution >= 4 is 23.3 Å². The lowest BCUT2D eigenvalue weighted by Crippen LogP contribution is -2.56. The molecule has 7 heteroatoms. The van der Waals surface area contributed by atoms with Crippen LogP contribution in [0.25, 0.3) is 0 Å². The number of anilines is 2. The van der Waals surface area contributed by atoms with Crippen LogP contribution in [0.15, 0.2) is 41.1 Å². The molecule has 102 valence electrons. The van der Waals surface area contributed by atoms with E-state index >= 15 is 0 Å². The largest absolute Gasteiger partial charge is 0.466 e. The molecule has 0 aliphatic carbocycles. The van der Waals surface area contributed by atoms with Crippen molar-refractivity contribution in [2.75, 3.05) is 10.6 Å². The summed E-state index contributed by atoms with van der Waals surface area (Å²) in [4.78, 5) is 24.3. The maximum atomic E-state index is 12.2.